The Balaban J connectivity index is 1.23. The first kappa shape index (κ1) is 25.6. The third-order valence-corrected chi connectivity index (χ3v) is 10.6. The molecular weight excluding hydrogens is 577 g/mol. The molecule has 214 valence electrons. The molecule has 46 heavy (non-hydrogen) atoms. The summed E-state index contributed by atoms with van der Waals surface area (Å²) in [4.78, 5) is 0. The van der Waals surface area contributed by atoms with E-state index in [9.17, 15) is 0 Å². The first-order chi connectivity index (χ1) is 22.8. The molecule has 0 saturated carbocycles. The van der Waals surface area contributed by atoms with Crippen molar-refractivity contribution in [1.82, 2.24) is 0 Å². The van der Waals surface area contributed by atoms with Crippen molar-refractivity contribution in [3.8, 4) is 33.4 Å². The molecule has 0 radical (unpaired) electrons. The smallest absolute Gasteiger partial charge is 0.154 e. The van der Waals surface area contributed by atoms with Crippen LogP contribution in [0.1, 0.15) is 0 Å². The minimum Gasteiger partial charge on any atom is -0.454 e. The van der Waals surface area contributed by atoms with Crippen LogP contribution < -0.4 is 0 Å². The lowest BCUT2D eigenvalue weighted by molar-refractivity contribution is 0.673. The van der Waals surface area contributed by atoms with Crippen molar-refractivity contribution < 1.29 is 4.42 Å². The molecule has 10 rings (SSSR count). The maximum Gasteiger partial charge on any atom is 0.154 e. The lowest BCUT2D eigenvalue weighted by Crippen LogP contribution is -1.91. The fourth-order valence-electron chi connectivity index (χ4n) is 7.43. The molecule has 2 aromatic heterocycles. The van der Waals surface area contributed by atoms with Crippen LogP contribution in [-0.4, -0.2) is 0 Å². The monoisotopic (exact) mass is 602 g/mol. The zero-order valence-electron chi connectivity index (χ0n) is 24.8. The Morgan fingerprint density at radius 3 is 1.70 bits per heavy atom. The fraction of sp³-hybridized carbons (Fsp3) is 0. The molecule has 8 aromatic carbocycles. The molecule has 2 heterocycles. The van der Waals surface area contributed by atoms with Gasteiger partial charge in [0.2, 0.25) is 0 Å². The predicted molar refractivity (Wildman–Crippen MR) is 198 cm³/mol. The summed E-state index contributed by atoms with van der Waals surface area (Å²) in [5, 5.41) is 9.91. The van der Waals surface area contributed by atoms with E-state index in [-0.39, 0.29) is 0 Å². The fourth-order valence-corrected chi connectivity index (χ4v) is 8.58. The van der Waals surface area contributed by atoms with Crippen molar-refractivity contribution in [2.45, 2.75) is 0 Å². The van der Waals surface area contributed by atoms with Gasteiger partial charge >= 0.3 is 0 Å². The van der Waals surface area contributed by atoms with Gasteiger partial charge in [0.15, 0.2) is 5.58 Å². The lowest BCUT2D eigenvalue weighted by atomic mass is 9.85. The number of thiophene rings is 1. The van der Waals surface area contributed by atoms with Gasteiger partial charge in [0.1, 0.15) is 5.58 Å². The van der Waals surface area contributed by atoms with E-state index in [0.29, 0.717) is 0 Å². The molecule has 0 aliphatic carbocycles. The predicted octanol–water partition coefficient (Wildman–Crippen LogP) is 13.3. The summed E-state index contributed by atoms with van der Waals surface area (Å²) >= 11 is 1.81. The molecule has 0 spiro atoms. The van der Waals surface area contributed by atoms with Crippen LogP contribution in [0.2, 0.25) is 0 Å². The van der Waals surface area contributed by atoms with Crippen LogP contribution in [-0.2, 0) is 0 Å². The highest BCUT2D eigenvalue weighted by Crippen LogP contribution is 2.47. The van der Waals surface area contributed by atoms with Gasteiger partial charge in [-0.15, -0.1) is 11.3 Å². The van der Waals surface area contributed by atoms with Gasteiger partial charge < -0.3 is 4.42 Å². The van der Waals surface area contributed by atoms with Crippen LogP contribution >= 0.6 is 11.3 Å². The number of furan rings is 1. The van der Waals surface area contributed by atoms with Gasteiger partial charge in [-0.2, -0.15) is 0 Å². The highest BCUT2D eigenvalue weighted by atomic mass is 32.1. The van der Waals surface area contributed by atoms with Crippen molar-refractivity contribution >= 4 is 75.0 Å². The third-order valence-electron chi connectivity index (χ3n) is 9.46. The highest BCUT2D eigenvalue weighted by molar-refractivity contribution is 7.26. The summed E-state index contributed by atoms with van der Waals surface area (Å²) in [6.45, 7) is 0. The largest absolute Gasteiger partial charge is 0.454 e. The van der Waals surface area contributed by atoms with Gasteiger partial charge in [-0.25, -0.2) is 0 Å². The summed E-state index contributed by atoms with van der Waals surface area (Å²) in [7, 11) is 0. The first-order valence-electron chi connectivity index (χ1n) is 15.7. The SMILES string of the molecule is c1cc(-c2cccc3ccccc23)cc(-c2c3ccccc3c(-c3ccc4oc5c6ccccc6sc5c4c3)c3ccccc23)c1. The Morgan fingerprint density at radius 1 is 0.391 bits per heavy atom. The van der Waals surface area contributed by atoms with Crippen LogP contribution in [0.5, 0.6) is 0 Å². The van der Waals surface area contributed by atoms with E-state index < -0.39 is 0 Å². The van der Waals surface area contributed by atoms with Crippen LogP contribution in [0.15, 0.2) is 162 Å². The average Bonchev–Trinajstić information content (AvgIpc) is 3.66. The molecule has 0 fully saturated rings. The maximum atomic E-state index is 6.43. The van der Waals surface area contributed by atoms with E-state index in [4.69, 9.17) is 4.42 Å². The first-order valence-corrected chi connectivity index (χ1v) is 16.5. The zero-order chi connectivity index (χ0) is 30.2. The van der Waals surface area contributed by atoms with E-state index in [2.05, 4.69) is 158 Å². The maximum absolute atomic E-state index is 6.43. The standard InChI is InChI=1S/C44H26OS/c1-2-15-31-27(11-1)12-10-21-32(31)28-13-9-14-29(25-28)41-33-16-3-5-18-35(33)42(36-19-6-4-17-34(36)41)30-23-24-39-38(26-30)44-43(45-39)37-20-7-8-22-40(37)46-44/h1-26H. The van der Waals surface area contributed by atoms with Crippen LogP contribution in [0.25, 0.3) is 97.0 Å². The summed E-state index contributed by atoms with van der Waals surface area (Å²) in [6.07, 6.45) is 0. The second-order valence-corrected chi connectivity index (χ2v) is 13.1. The van der Waals surface area contributed by atoms with Crippen molar-refractivity contribution in [3.63, 3.8) is 0 Å². The third kappa shape index (κ3) is 3.74. The molecule has 0 aliphatic rings. The molecule has 0 saturated heterocycles. The molecule has 0 aliphatic heterocycles. The molecule has 10 aromatic rings. The Hall–Kier alpha value is -5.70. The summed E-state index contributed by atoms with van der Waals surface area (Å²) < 4.78 is 8.91. The normalized spacial score (nSPS) is 11.9. The summed E-state index contributed by atoms with van der Waals surface area (Å²) in [6, 6.07) is 57.3. The van der Waals surface area contributed by atoms with E-state index in [1.807, 2.05) is 11.3 Å². The van der Waals surface area contributed by atoms with Gasteiger partial charge in [-0.3, -0.25) is 0 Å². The van der Waals surface area contributed by atoms with E-state index in [1.54, 1.807) is 0 Å². The molecule has 1 nitrogen and oxygen atoms in total. The Bertz CT molecular complexity index is 2750. The minimum atomic E-state index is 0.936. The zero-order valence-corrected chi connectivity index (χ0v) is 25.6. The molecule has 0 amide bonds. The van der Waals surface area contributed by atoms with Gasteiger partial charge in [-0.05, 0) is 96.0 Å². The molecule has 0 N–H and O–H groups in total. The molecule has 0 unspecified atom stereocenters. The van der Waals surface area contributed by atoms with Crippen LogP contribution in [0.4, 0.5) is 0 Å². The molecule has 0 atom stereocenters. The summed E-state index contributed by atoms with van der Waals surface area (Å²) in [5.41, 5.74) is 9.37. The van der Waals surface area contributed by atoms with Gasteiger partial charge in [0.05, 0.1) is 4.70 Å². The van der Waals surface area contributed by atoms with Crippen LogP contribution in [0, 0.1) is 0 Å². The van der Waals surface area contributed by atoms with Gasteiger partial charge in [-0.1, -0.05) is 127 Å². The van der Waals surface area contributed by atoms with Crippen molar-refractivity contribution in [2.24, 2.45) is 0 Å². The van der Waals surface area contributed by atoms with Crippen molar-refractivity contribution in [1.29, 1.82) is 0 Å². The summed E-state index contributed by atoms with van der Waals surface area (Å²) in [5.74, 6) is 0. The highest BCUT2D eigenvalue weighted by Gasteiger charge is 2.19. The Labute approximate surface area is 269 Å². The Kier molecular flexibility index (Phi) is 5.51. The number of benzene rings is 8. The van der Waals surface area contributed by atoms with Crippen molar-refractivity contribution in [2.75, 3.05) is 0 Å². The van der Waals surface area contributed by atoms with Gasteiger partial charge in [0.25, 0.3) is 0 Å². The number of rotatable bonds is 3. The molecular formula is C44H26OS. The molecule has 2 heteroatoms. The Morgan fingerprint density at radius 2 is 0.957 bits per heavy atom. The second-order valence-electron chi connectivity index (χ2n) is 12.0. The topological polar surface area (TPSA) is 13.1 Å². The van der Waals surface area contributed by atoms with Gasteiger partial charge in [0, 0.05) is 15.5 Å². The number of fused-ring (bicyclic) bond motifs is 8. The van der Waals surface area contributed by atoms with Crippen LogP contribution in [0.3, 0.4) is 0 Å². The average molecular weight is 603 g/mol. The minimum absolute atomic E-state index is 0.936. The van der Waals surface area contributed by atoms with E-state index in [0.717, 1.165) is 11.2 Å². The lowest BCUT2D eigenvalue weighted by Gasteiger charge is -2.18. The molecule has 0 bridgehead atoms. The number of hydrogen-bond donors (Lipinski definition) is 0. The number of hydrogen-bond acceptors (Lipinski definition) is 2. The van der Waals surface area contributed by atoms with E-state index >= 15 is 0 Å². The van der Waals surface area contributed by atoms with Crippen molar-refractivity contribution in [3.05, 3.63) is 158 Å². The second kappa shape index (κ2) is 9.90. The quantitative estimate of drug-likeness (QED) is 0.183. The van der Waals surface area contributed by atoms with E-state index in [1.165, 1.54) is 85.9 Å².